The Balaban J connectivity index is 0.000000156. The van der Waals surface area contributed by atoms with Gasteiger partial charge in [-0.2, -0.15) is 0 Å². The molecule has 0 aliphatic heterocycles. The van der Waals surface area contributed by atoms with Crippen LogP contribution < -0.4 is 5.46 Å². The van der Waals surface area contributed by atoms with Gasteiger partial charge in [0.05, 0.1) is 0 Å². The van der Waals surface area contributed by atoms with Crippen LogP contribution in [0.25, 0.3) is 98.9 Å². The normalized spacial score (nSPS) is 10.1. The third kappa shape index (κ3) is 17.0. The van der Waals surface area contributed by atoms with Gasteiger partial charge in [0.15, 0.2) is 0 Å². The maximum Gasteiger partial charge on any atom is 0.488 e. The van der Waals surface area contributed by atoms with E-state index in [0.717, 1.165) is 72.2 Å². The van der Waals surface area contributed by atoms with Gasteiger partial charge in [0, 0.05) is 86.3 Å². The van der Waals surface area contributed by atoms with E-state index < -0.39 is 13.1 Å². The van der Waals surface area contributed by atoms with Gasteiger partial charge < -0.3 is 32.8 Å². The first kappa shape index (κ1) is 62.2. The predicted molar refractivity (Wildman–Crippen MR) is 358 cm³/mol. The van der Waals surface area contributed by atoms with E-state index in [1.54, 1.807) is 18.2 Å². The molecule has 0 amide bonds. The Kier molecular flexibility index (Phi) is 25.4. The van der Waals surface area contributed by atoms with E-state index in [1.165, 1.54) is 41.6 Å². The highest BCUT2D eigenvalue weighted by Crippen LogP contribution is 2.33. The second-order valence-electron chi connectivity index (χ2n) is 16.6. The molecule has 4 heterocycles. The first-order chi connectivity index (χ1) is 38.6. The van der Waals surface area contributed by atoms with Crippen LogP contribution in [0.1, 0.15) is 6.92 Å². The molecule has 4 aromatic heterocycles. The number of hydrogen-bond acceptors (Lipinski definition) is 7. The summed E-state index contributed by atoms with van der Waals surface area (Å²) in [5.41, 5.74) is 10.2. The third-order valence-electron chi connectivity index (χ3n) is 11.5. The molecule has 0 aliphatic carbocycles. The van der Waals surface area contributed by atoms with E-state index in [0.29, 0.717) is 5.46 Å². The summed E-state index contributed by atoms with van der Waals surface area (Å²) < 4.78 is 25.2. The molecule has 0 bridgehead atoms. The van der Waals surface area contributed by atoms with Crippen molar-refractivity contribution in [2.45, 2.75) is 6.92 Å². The van der Waals surface area contributed by atoms with Gasteiger partial charge in [-0.15, -0.1) is 0 Å². The molecular formula is C64H51BBr5IO8. The van der Waals surface area contributed by atoms with Crippen LogP contribution in [0.5, 0.6) is 0 Å². The van der Waals surface area contributed by atoms with Crippen molar-refractivity contribution in [3.63, 3.8) is 0 Å². The van der Waals surface area contributed by atoms with Crippen molar-refractivity contribution >= 4 is 205 Å². The lowest BCUT2D eigenvalue weighted by Gasteiger charge is -2.00. The van der Waals surface area contributed by atoms with Gasteiger partial charge in [-0.3, -0.25) is 4.79 Å². The quantitative estimate of drug-likeness (QED) is 0.0886. The molecule has 8 nitrogen and oxygen atoms in total. The number of furan rings is 4. The van der Waals surface area contributed by atoms with Gasteiger partial charge in [0.25, 0.3) is 5.97 Å². The van der Waals surface area contributed by atoms with Gasteiger partial charge in [-0.25, -0.2) is 0 Å². The second-order valence-corrected chi connectivity index (χ2v) is 18.7. The first-order valence-corrected chi connectivity index (χ1v) is 32.8. The summed E-state index contributed by atoms with van der Waals surface area (Å²) in [7, 11) is -1.45. The van der Waals surface area contributed by atoms with E-state index >= 15 is 0 Å². The standard InChI is InChI=1S/C18H12O.C12H9BO3.C12H7BrO.C12H8O.C6H5I.C2H4O2.2CH3Br.Br2/c1-2-6-13(7-3-1)14-10-11-18-16(12-14)15-8-4-5-9-17(15)19-18;14-13(15)8-5-6-12-10(7-8)9-3-1-2-4-11(9)16-12;13-8-5-6-12-10(7-8)9-3-1-2-4-11(9)14-12;1-3-7-11-9(5-1)10-6-2-4-8-12(10)13-11;7-6-4-2-1-3-5-6;1-2(3)4;3*1-2/h1-12H;1-7,14-15H;1-7H;1-8H;1-5H;1H3,(H,3,4);2*1H3;. The van der Waals surface area contributed by atoms with Gasteiger partial charge in [0.2, 0.25) is 0 Å². The van der Waals surface area contributed by atoms with Crippen molar-refractivity contribution in [1.29, 1.82) is 0 Å². The Morgan fingerprint density at radius 1 is 0.380 bits per heavy atom. The number of hydrogen-bond donors (Lipinski definition) is 3. The maximum absolute atomic E-state index is 9.12. The molecule has 0 spiro atoms. The lowest BCUT2D eigenvalue weighted by atomic mass is 9.80. The van der Waals surface area contributed by atoms with E-state index in [1.807, 2.05) is 145 Å². The second kappa shape index (κ2) is 32.3. The van der Waals surface area contributed by atoms with Crippen LogP contribution in [0, 0.1) is 3.57 Å². The summed E-state index contributed by atoms with van der Waals surface area (Å²) in [6.07, 6.45) is 0. The molecule has 0 saturated heterocycles. The van der Waals surface area contributed by atoms with Gasteiger partial charge in [-0.05, 0) is 130 Å². The van der Waals surface area contributed by atoms with Crippen molar-refractivity contribution in [3.8, 4) is 11.1 Å². The van der Waals surface area contributed by atoms with Gasteiger partial charge in [-0.1, -0.05) is 206 Å². The Morgan fingerprint density at radius 2 is 0.671 bits per heavy atom. The number of carboxylic acids is 1. The highest BCUT2D eigenvalue weighted by molar-refractivity contribution is 14.1. The Morgan fingerprint density at radius 3 is 1.04 bits per heavy atom. The predicted octanol–water partition coefficient (Wildman–Crippen LogP) is 20.5. The van der Waals surface area contributed by atoms with Gasteiger partial charge in [0.1, 0.15) is 44.7 Å². The van der Waals surface area contributed by atoms with Crippen LogP contribution in [0.4, 0.5) is 0 Å². The summed E-state index contributed by atoms with van der Waals surface area (Å²) in [4.78, 5) is 9.00. The van der Waals surface area contributed by atoms with E-state index in [9.17, 15) is 0 Å². The average Bonchev–Trinajstić information content (AvgIpc) is 4.28. The van der Waals surface area contributed by atoms with Crippen molar-refractivity contribution in [2.24, 2.45) is 0 Å². The lowest BCUT2D eigenvalue weighted by molar-refractivity contribution is -0.134. The van der Waals surface area contributed by atoms with Crippen LogP contribution in [0.15, 0.2) is 259 Å². The molecule has 10 aromatic carbocycles. The van der Waals surface area contributed by atoms with Crippen molar-refractivity contribution in [1.82, 2.24) is 0 Å². The largest absolute Gasteiger partial charge is 0.488 e. The van der Waals surface area contributed by atoms with Crippen molar-refractivity contribution < 1.29 is 37.6 Å². The summed E-state index contributed by atoms with van der Waals surface area (Å²) >= 11 is 17.1. The molecule has 14 aromatic rings. The fourth-order valence-electron chi connectivity index (χ4n) is 8.23. The fraction of sp³-hybridized carbons (Fsp3) is 0.0469. The summed E-state index contributed by atoms with van der Waals surface area (Å²) in [6.45, 7) is 1.08. The van der Waals surface area contributed by atoms with Crippen molar-refractivity contribution in [3.05, 3.63) is 245 Å². The Labute approximate surface area is 511 Å². The molecule has 3 N–H and O–H groups in total. The number of fused-ring (bicyclic) bond motifs is 12. The Hall–Kier alpha value is -6.02. The monoisotopic (exact) mass is 1480 g/mol. The zero-order chi connectivity index (χ0) is 56.7. The minimum absolute atomic E-state index is 0.471. The van der Waals surface area contributed by atoms with Crippen LogP contribution in [0.2, 0.25) is 0 Å². The molecule has 0 aliphatic rings. The topological polar surface area (TPSA) is 130 Å². The first-order valence-electron chi connectivity index (χ1n) is 24.1. The smallest absolute Gasteiger partial charge is 0.481 e. The molecular weight excluding hydrogens is 1430 g/mol. The number of carboxylic acid groups (broad SMARTS) is 1. The number of alkyl halides is 2. The van der Waals surface area contributed by atoms with Crippen LogP contribution in [-0.2, 0) is 4.79 Å². The summed E-state index contributed by atoms with van der Waals surface area (Å²) in [6, 6.07) is 78.3. The number of carbonyl (C=O) groups is 1. The molecule has 0 radical (unpaired) electrons. The number of halogens is 6. The van der Waals surface area contributed by atoms with Crippen molar-refractivity contribution in [2.75, 3.05) is 11.7 Å². The van der Waals surface area contributed by atoms with Crippen LogP contribution >= 0.6 is 98.6 Å². The third-order valence-corrected chi connectivity index (χ3v) is 12.8. The molecule has 0 atom stereocenters. The highest BCUT2D eigenvalue weighted by atomic mass is 127. The molecule has 14 rings (SSSR count). The van der Waals surface area contributed by atoms with Crippen LogP contribution in [0.3, 0.4) is 0 Å². The molecule has 0 unspecified atom stereocenters. The average molecular weight is 1490 g/mol. The highest BCUT2D eigenvalue weighted by Gasteiger charge is 2.14. The summed E-state index contributed by atoms with van der Waals surface area (Å²) in [5, 5.41) is 34.6. The number of benzene rings is 10. The summed E-state index contributed by atoms with van der Waals surface area (Å²) in [5.74, 6) is 2.79. The minimum atomic E-state index is -1.45. The fourth-order valence-corrected chi connectivity index (χ4v) is 9.00. The molecule has 79 heavy (non-hydrogen) atoms. The van der Waals surface area contributed by atoms with E-state index in [-0.39, 0.29) is 0 Å². The zero-order valence-electron chi connectivity index (χ0n) is 42.7. The molecule has 0 fully saturated rings. The zero-order valence-corrected chi connectivity index (χ0v) is 52.8. The molecule has 0 saturated carbocycles. The van der Waals surface area contributed by atoms with E-state index in [4.69, 9.17) is 37.6 Å². The Bertz CT molecular complexity index is 4070. The van der Waals surface area contributed by atoms with Crippen LogP contribution in [-0.4, -0.2) is 39.9 Å². The number of rotatable bonds is 2. The number of aliphatic carboxylic acids is 1. The lowest BCUT2D eigenvalue weighted by Crippen LogP contribution is -2.29. The minimum Gasteiger partial charge on any atom is -0.481 e. The molecule has 400 valence electrons. The molecule has 15 heteroatoms. The number of para-hydroxylation sites is 5. The maximum atomic E-state index is 9.12. The van der Waals surface area contributed by atoms with Gasteiger partial charge >= 0.3 is 7.12 Å². The SMILES string of the molecule is BrBr.Brc1ccc2oc3ccccc3c2c1.CBr.CBr.CC(=O)O.Ic1ccccc1.OB(O)c1ccc2oc3ccccc3c2c1.c1ccc(-c2ccc3oc4ccccc4c3c2)cc1.c1ccc2c(c1)oc1ccccc12. The van der Waals surface area contributed by atoms with E-state index in [2.05, 4.69) is 184 Å².